The molecule has 1 N–H and O–H groups in total. The van der Waals surface area contributed by atoms with Crippen molar-refractivity contribution < 1.29 is 9.53 Å². The highest BCUT2D eigenvalue weighted by atomic mass is 16.5. The minimum Gasteiger partial charge on any atom is -0.494 e. The highest BCUT2D eigenvalue weighted by molar-refractivity contribution is 5.94. The largest absolute Gasteiger partial charge is 0.494 e. The topological polar surface area (TPSA) is 41.6 Å². The Morgan fingerprint density at radius 2 is 1.72 bits per heavy atom. The van der Waals surface area contributed by atoms with Crippen LogP contribution in [0.15, 0.2) is 48.5 Å². The van der Waals surface area contributed by atoms with Gasteiger partial charge < -0.3 is 15.0 Å². The molecule has 1 saturated heterocycles. The van der Waals surface area contributed by atoms with Gasteiger partial charge in [0, 0.05) is 30.9 Å². The van der Waals surface area contributed by atoms with Crippen molar-refractivity contribution in [2.75, 3.05) is 31.1 Å². The fourth-order valence-corrected chi connectivity index (χ4v) is 3.14. The molecule has 0 aliphatic carbocycles. The lowest BCUT2D eigenvalue weighted by Gasteiger charge is -2.17. The maximum absolute atomic E-state index is 12.2. The first-order valence-electron chi connectivity index (χ1n) is 9.11. The smallest absolute Gasteiger partial charge is 0.251 e. The van der Waals surface area contributed by atoms with E-state index in [9.17, 15) is 4.79 Å². The summed E-state index contributed by atoms with van der Waals surface area (Å²) in [5.41, 5.74) is 3.21. The molecule has 1 heterocycles. The van der Waals surface area contributed by atoms with Crippen LogP contribution in [0.4, 0.5) is 5.69 Å². The first-order valence-corrected chi connectivity index (χ1v) is 9.11. The molecule has 4 nitrogen and oxygen atoms in total. The predicted octanol–water partition coefficient (Wildman–Crippen LogP) is 3.66. The van der Waals surface area contributed by atoms with Gasteiger partial charge in [0.1, 0.15) is 5.75 Å². The van der Waals surface area contributed by atoms with Crippen LogP contribution in [-0.4, -0.2) is 32.1 Å². The number of carbonyl (C=O) groups is 1. The summed E-state index contributed by atoms with van der Waals surface area (Å²) in [6, 6.07) is 16.0. The second-order valence-electron chi connectivity index (χ2n) is 6.32. The lowest BCUT2D eigenvalue weighted by Crippen LogP contribution is -2.25. The van der Waals surface area contributed by atoms with Crippen LogP contribution >= 0.6 is 0 Å². The third kappa shape index (κ3) is 4.75. The Morgan fingerprint density at radius 1 is 1.04 bits per heavy atom. The summed E-state index contributed by atoms with van der Waals surface area (Å²) in [6.07, 6.45) is 3.42. The van der Waals surface area contributed by atoms with Crippen LogP contribution in [0.2, 0.25) is 0 Å². The molecule has 25 heavy (non-hydrogen) atoms. The lowest BCUT2D eigenvalue weighted by atomic mass is 10.1. The van der Waals surface area contributed by atoms with Gasteiger partial charge in [-0.3, -0.25) is 4.79 Å². The van der Waals surface area contributed by atoms with E-state index in [0.717, 1.165) is 25.3 Å². The molecule has 0 radical (unpaired) electrons. The van der Waals surface area contributed by atoms with Crippen LogP contribution in [0.25, 0.3) is 0 Å². The van der Waals surface area contributed by atoms with Gasteiger partial charge in [-0.05, 0) is 68.1 Å². The van der Waals surface area contributed by atoms with Crippen molar-refractivity contribution in [1.82, 2.24) is 5.32 Å². The van der Waals surface area contributed by atoms with Crippen molar-refractivity contribution >= 4 is 11.6 Å². The van der Waals surface area contributed by atoms with Gasteiger partial charge in [0.15, 0.2) is 0 Å². The third-order valence-corrected chi connectivity index (χ3v) is 4.53. The number of nitrogens with zero attached hydrogens (tertiary/aromatic N) is 1. The predicted molar refractivity (Wildman–Crippen MR) is 102 cm³/mol. The number of hydrogen-bond acceptors (Lipinski definition) is 3. The van der Waals surface area contributed by atoms with Crippen molar-refractivity contribution in [3.63, 3.8) is 0 Å². The van der Waals surface area contributed by atoms with E-state index >= 15 is 0 Å². The Kier molecular flexibility index (Phi) is 5.94. The van der Waals surface area contributed by atoms with Gasteiger partial charge in [-0.2, -0.15) is 0 Å². The Bertz CT molecular complexity index is 674. The van der Waals surface area contributed by atoms with Gasteiger partial charge >= 0.3 is 0 Å². The van der Waals surface area contributed by atoms with E-state index in [2.05, 4.69) is 34.5 Å². The molecular formula is C21H26N2O2. The summed E-state index contributed by atoms with van der Waals surface area (Å²) in [5.74, 6) is 0.744. The number of carbonyl (C=O) groups excluding carboxylic acids is 1. The van der Waals surface area contributed by atoms with Crippen LogP contribution in [0.3, 0.4) is 0 Å². The van der Waals surface area contributed by atoms with Crippen LogP contribution in [-0.2, 0) is 6.42 Å². The number of amides is 1. The molecule has 0 spiro atoms. The first-order chi connectivity index (χ1) is 12.3. The van der Waals surface area contributed by atoms with Gasteiger partial charge in [-0.1, -0.05) is 12.1 Å². The molecule has 0 aromatic heterocycles. The average Bonchev–Trinajstić information content (AvgIpc) is 3.18. The summed E-state index contributed by atoms with van der Waals surface area (Å²) in [7, 11) is 0. The molecular weight excluding hydrogens is 312 g/mol. The number of hydrogen-bond donors (Lipinski definition) is 1. The zero-order chi connectivity index (χ0) is 17.5. The maximum Gasteiger partial charge on any atom is 0.251 e. The molecule has 3 rings (SSSR count). The van der Waals surface area contributed by atoms with Gasteiger partial charge in [0.25, 0.3) is 5.91 Å². The summed E-state index contributed by atoms with van der Waals surface area (Å²) in [6.45, 7) is 5.53. The van der Waals surface area contributed by atoms with E-state index in [1.165, 1.54) is 24.1 Å². The minimum absolute atomic E-state index is 0.0447. The van der Waals surface area contributed by atoms with E-state index in [0.29, 0.717) is 18.7 Å². The van der Waals surface area contributed by atoms with Crippen LogP contribution in [0, 0.1) is 0 Å². The van der Waals surface area contributed by atoms with Gasteiger partial charge in [-0.25, -0.2) is 0 Å². The van der Waals surface area contributed by atoms with Gasteiger partial charge in [0.2, 0.25) is 0 Å². The van der Waals surface area contributed by atoms with E-state index in [1.807, 2.05) is 19.1 Å². The number of ether oxygens (including phenoxy) is 1. The molecule has 2 aromatic rings. The van der Waals surface area contributed by atoms with Crippen LogP contribution in [0.1, 0.15) is 35.7 Å². The van der Waals surface area contributed by atoms with Gasteiger partial charge in [0.05, 0.1) is 6.61 Å². The molecule has 1 aliphatic rings. The quantitative estimate of drug-likeness (QED) is 0.838. The zero-order valence-electron chi connectivity index (χ0n) is 14.8. The molecule has 2 aromatic carbocycles. The fourth-order valence-electron chi connectivity index (χ4n) is 3.14. The minimum atomic E-state index is -0.0447. The fraction of sp³-hybridized carbons (Fsp3) is 0.381. The lowest BCUT2D eigenvalue weighted by molar-refractivity contribution is 0.0954. The number of nitrogens with one attached hydrogen (secondary N) is 1. The molecule has 0 atom stereocenters. The zero-order valence-corrected chi connectivity index (χ0v) is 14.8. The molecule has 0 bridgehead atoms. The van der Waals surface area contributed by atoms with Crippen LogP contribution in [0.5, 0.6) is 5.75 Å². The van der Waals surface area contributed by atoms with E-state index in [-0.39, 0.29) is 5.91 Å². The number of benzene rings is 2. The van der Waals surface area contributed by atoms with E-state index < -0.39 is 0 Å². The van der Waals surface area contributed by atoms with Crippen molar-refractivity contribution in [1.29, 1.82) is 0 Å². The normalized spacial score (nSPS) is 13.7. The Labute approximate surface area is 149 Å². The van der Waals surface area contributed by atoms with E-state index in [1.54, 1.807) is 12.1 Å². The Morgan fingerprint density at radius 3 is 2.36 bits per heavy atom. The summed E-state index contributed by atoms with van der Waals surface area (Å²) >= 11 is 0. The molecule has 0 saturated carbocycles. The Hall–Kier alpha value is -2.49. The van der Waals surface area contributed by atoms with E-state index in [4.69, 9.17) is 4.74 Å². The molecule has 132 valence electrons. The summed E-state index contributed by atoms with van der Waals surface area (Å²) < 4.78 is 5.39. The molecule has 1 aliphatic heterocycles. The Balaban J connectivity index is 1.46. The summed E-state index contributed by atoms with van der Waals surface area (Å²) in [5, 5.41) is 2.98. The van der Waals surface area contributed by atoms with Crippen molar-refractivity contribution in [2.24, 2.45) is 0 Å². The summed E-state index contributed by atoms with van der Waals surface area (Å²) in [4.78, 5) is 14.6. The van der Waals surface area contributed by atoms with Crippen LogP contribution < -0.4 is 15.0 Å². The average molecular weight is 338 g/mol. The maximum atomic E-state index is 12.2. The standard InChI is InChI=1S/C21H26N2O2/c1-2-25-20-11-7-18(8-12-20)21(24)22-14-13-17-5-9-19(10-6-17)23-15-3-4-16-23/h5-12H,2-4,13-16H2,1H3,(H,22,24). The molecule has 4 heteroatoms. The highest BCUT2D eigenvalue weighted by Gasteiger charge is 2.11. The highest BCUT2D eigenvalue weighted by Crippen LogP contribution is 2.20. The number of anilines is 1. The van der Waals surface area contributed by atoms with Crippen molar-refractivity contribution in [3.8, 4) is 5.75 Å². The molecule has 1 amide bonds. The molecule has 1 fully saturated rings. The monoisotopic (exact) mass is 338 g/mol. The number of rotatable bonds is 7. The van der Waals surface area contributed by atoms with Crippen molar-refractivity contribution in [2.45, 2.75) is 26.2 Å². The third-order valence-electron chi connectivity index (χ3n) is 4.53. The second-order valence-corrected chi connectivity index (χ2v) is 6.32. The molecule has 0 unspecified atom stereocenters. The second kappa shape index (κ2) is 8.56. The van der Waals surface area contributed by atoms with Crippen molar-refractivity contribution in [3.05, 3.63) is 59.7 Å². The first kappa shape index (κ1) is 17.3. The van der Waals surface area contributed by atoms with Gasteiger partial charge in [-0.15, -0.1) is 0 Å². The SMILES string of the molecule is CCOc1ccc(C(=O)NCCc2ccc(N3CCCC3)cc2)cc1.